The molecule has 0 unspecified atom stereocenters. The van der Waals surface area contributed by atoms with E-state index < -0.39 is 5.41 Å². The molecule has 0 amide bonds. The van der Waals surface area contributed by atoms with E-state index in [1.807, 2.05) is 60.7 Å². The first-order valence-corrected chi connectivity index (χ1v) is 11.5. The van der Waals surface area contributed by atoms with Crippen molar-refractivity contribution in [2.75, 3.05) is 13.2 Å². The van der Waals surface area contributed by atoms with Crippen LogP contribution in [0.25, 0.3) is 11.1 Å². The number of fused-ring (bicyclic) bond motifs is 3. The Morgan fingerprint density at radius 2 is 0.946 bits per heavy atom. The molecule has 6 heteroatoms. The van der Waals surface area contributed by atoms with Crippen LogP contribution in [0.4, 0.5) is 0 Å². The normalized spacial score (nSPS) is 12.1. The van der Waals surface area contributed by atoms with Crippen molar-refractivity contribution < 1.29 is 9.47 Å². The van der Waals surface area contributed by atoms with E-state index in [-0.39, 0.29) is 35.5 Å². The molecule has 0 saturated heterocycles. The Kier molecular flexibility index (Phi) is 6.01. The van der Waals surface area contributed by atoms with E-state index in [4.69, 9.17) is 9.47 Å². The van der Waals surface area contributed by atoms with Gasteiger partial charge in [-0.25, -0.2) is 0 Å². The Morgan fingerprint density at radius 3 is 1.35 bits per heavy atom. The van der Waals surface area contributed by atoms with E-state index in [9.17, 15) is 21.0 Å². The zero-order chi connectivity index (χ0) is 25.8. The van der Waals surface area contributed by atoms with Crippen LogP contribution in [0.1, 0.15) is 33.4 Å². The summed E-state index contributed by atoms with van der Waals surface area (Å²) in [6.45, 7) is 0.231. The fourth-order valence-corrected chi connectivity index (χ4v) is 4.89. The van der Waals surface area contributed by atoms with Crippen molar-refractivity contribution in [2.45, 2.75) is 5.41 Å². The molecule has 0 N–H and O–H groups in total. The minimum absolute atomic E-state index is 0.115. The minimum Gasteiger partial charge on any atom is -0.491 e. The summed E-state index contributed by atoms with van der Waals surface area (Å²) in [4.78, 5) is 0. The molecule has 0 radical (unpaired) electrons. The summed E-state index contributed by atoms with van der Waals surface area (Å²) in [5.41, 5.74) is 4.10. The van der Waals surface area contributed by atoms with Gasteiger partial charge in [-0.1, -0.05) is 60.7 Å². The molecule has 5 rings (SSSR count). The maximum Gasteiger partial charge on any atom is 0.138 e. The molecule has 37 heavy (non-hydrogen) atoms. The van der Waals surface area contributed by atoms with Crippen molar-refractivity contribution in [3.63, 3.8) is 0 Å². The first kappa shape index (κ1) is 23.2. The lowest BCUT2D eigenvalue weighted by Crippen LogP contribution is -2.39. The van der Waals surface area contributed by atoms with Crippen molar-refractivity contribution in [1.29, 1.82) is 21.0 Å². The van der Waals surface area contributed by atoms with Crippen molar-refractivity contribution in [3.8, 4) is 46.9 Å². The standard InChI is InChI=1S/C31H18N4O2/c32-15-21-7-5-13-29(25(21)17-34)36-19-31(20-37-30-14-6-8-22(16-33)26(30)18-35)27-11-3-1-9-23(27)24-10-2-4-12-28(24)31/h1-14H,19-20H2. The molecule has 0 fully saturated rings. The molecule has 1 aliphatic carbocycles. The number of rotatable bonds is 6. The third-order valence-corrected chi connectivity index (χ3v) is 6.64. The van der Waals surface area contributed by atoms with E-state index in [2.05, 4.69) is 12.1 Å². The Bertz CT molecular complexity index is 1570. The number of nitrogens with zero attached hydrogens (tertiary/aromatic N) is 4. The van der Waals surface area contributed by atoms with Gasteiger partial charge < -0.3 is 9.47 Å². The second-order valence-corrected chi connectivity index (χ2v) is 8.56. The lowest BCUT2D eigenvalue weighted by atomic mass is 9.79. The van der Waals surface area contributed by atoms with Crippen LogP contribution < -0.4 is 9.47 Å². The van der Waals surface area contributed by atoms with E-state index in [1.165, 1.54) is 0 Å². The lowest BCUT2D eigenvalue weighted by molar-refractivity contribution is 0.171. The van der Waals surface area contributed by atoms with E-state index in [1.54, 1.807) is 36.4 Å². The minimum atomic E-state index is -0.794. The smallest absolute Gasteiger partial charge is 0.138 e. The molecular weight excluding hydrogens is 460 g/mol. The Morgan fingerprint density at radius 1 is 0.514 bits per heavy atom. The number of hydrogen-bond donors (Lipinski definition) is 0. The molecule has 0 atom stereocenters. The van der Waals surface area contributed by atoms with Gasteiger partial charge in [0.25, 0.3) is 0 Å². The van der Waals surface area contributed by atoms with Gasteiger partial charge in [-0.15, -0.1) is 0 Å². The van der Waals surface area contributed by atoms with Crippen molar-refractivity contribution in [2.24, 2.45) is 0 Å². The zero-order valence-corrected chi connectivity index (χ0v) is 19.6. The second kappa shape index (κ2) is 9.59. The topological polar surface area (TPSA) is 114 Å². The number of nitriles is 4. The summed E-state index contributed by atoms with van der Waals surface area (Å²) >= 11 is 0. The maximum absolute atomic E-state index is 9.70. The second-order valence-electron chi connectivity index (χ2n) is 8.56. The fourth-order valence-electron chi connectivity index (χ4n) is 4.89. The van der Waals surface area contributed by atoms with Crippen LogP contribution in [0.5, 0.6) is 11.5 Å². The third-order valence-electron chi connectivity index (χ3n) is 6.64. The van der Waals surface area contributed by atoms with Gasteiger partial charge in [0.2, 0.25) is 0 Å². The van der Waals surface area contributed by atoms with Gasteiger partial charge in [0.1, 0.15) is 60.1 Å². The van der Waals surface area contributed by atoms with E-state index >= 15 is 0 Å². The SMILES string of the molecule is N#Cc1cccc(OCC2(COc3cccc(C#N)c3C#N)c3ccccc3-c3ccccc32)c1C#N. The highest BCUT2D eigenvalue weighted by molar-refractivity contribution is 5.81. The van der Waals surface area contributed by atoms with Gasteiger partial charge in [-0.2, -0.15) is 21.0 Å². The third kappa shape index (κ3) is 3.81. The van der Waals surface area contributed by atoms with Gasteiger partial charge in [0.05, 0.1) is 16.5 Å². The predicted molar refractivity (Wildman–Crippen MR) is 135 cm³/mol. The summed E-state index contributed by atoms with van der Waals surface area (Å²) in [7, 11) is 0. The lowest BCUT2D eigenvalue weighted by Gasteiger charge is -2.32. The van der Waals surface area contributed by atoms with Gasteiger partial charge in [0.15, 0.2) is 0 Å². The van der Waals surface area contributed by atoms with Gasteiger partial charge >= 0.3 is 0 Å². The summed E-state index contributed by atoms with van der Waals surface area (Å²) in [5, 5.41) is 38.3. The quantitative estimate of drug-likeness (QED) is 0.356. The van der Waals surface area contributed by atoms with Crippen LogP contribution in [0.15, 0.2) is 84.9 Å². The Balaban J connectivity index is 1.62. The van der Waals surface area contributed by atoms with Crippen LogP contribution in [-0.4, -0.2) is 13.2 Å². The van der Waals surface area contributed by atoms with Crippen LogP contribution >= 0.6 is 0 Å². The average molecular weight is 479 g/mol. The van der Waals surface area contributed by atoms with Gasteiger partial charge in [-0.3, -0.25) is 0 Å². The molecule has 0 aliphatic heterocycles. The number of benzene rings is 4. The highest BCUT2D eigenvalue weighted by Gasteiger charge is 2.45. The molecule has 0 heterocycles. The van der Waals surface area contributed by atoms with Gasteiger partial charge in [0, 0.05) is 0 Å². The first-order valence-electron chi connectivity index (χ1n) is 11.5. The molecule has 4 aromatic carbocycles. The summed E-state index contributed by atoms with van der Waals surface area (Å²) in [5.74, 6) is 0.624. The number of ether oxygens (including phenoxy) is 2. The highest BCUT2D eigenvalue weighted by atomic mass is 16.5. The molecule has 0 spiro atoms. The maximum atomic E-state index is 9.70. The highest BCUT2D eigenvalue weighted by Crippen LogP contribution is 2.49. The summed E-state index contributed by atoms with van der Waals surface area (Å²) in [6.07, 6.45) is 0. The Labute approximate surface area is 214 Å². The molecule has 1 aliphatic rings. The molecular formula is C31H18N4O2. The molecule has 174 valence electrons. The molecule has 0 aromatic heterocycles. The van der Waals surface area contributed by atoms with Crippen LogP contribution in [0.2, 0.25) is 0 Å². The van der Waals surface area contributed by atoms with Crippen LogP contribution in [0, 0.1) is 45.3 Å². The van der Waals surface area contributed by atoms with E-state index in [0.717, 1.165) is 22.3 Å². The van der Waals surface area contributed by atoms with Crippen molar-refractivity contribution >= 4 is 0 Å². The van der Waals surface area contributed by atoms with Crippen molar-refractivity contribution in [3.05, 3.63) is 118 Å². The van der Waals surface area contributed by atoms with E-state index in [0.29, 0.717) is 11.5 Å². The van der Waals surface area contributed by atoms with Crippen LogP contribution in [-0.2, 0) is 5.41 Å². The molecule has 6 nitrogen and oxygen atoms in total. The predicted octanol–water partition coefficient (Wildman–Crippen LogP) is 5.60. The Hall–Kier alpha value is -5.56. The zero-order valence-electron chi connectivity index (χ0n) is 19.6. The summed E-state index contributed by atoms with van der Waals surface area (Å²) < 4.78 is 12.6. The largest absolute Gasteiger partial charge is 0.491 e. The average Bonchev–Trinajstić information content (AvgIpc) is 3.24. The monoisotopic (exact) mass is 478 g/mol. The fraction of sp³-hybridized carbons (Fsp3) is 0.0968. The van der Waals surface area contributed by atoms with Gasteiger partial charge in [-0.05, 0) is 46.5 Å². The van der Waals surface area contributed by atoms with Crippen molar-refractivity contribution in [1.82, 2.24) is 0 Å². The first-order chi connectivity index (χ1) is 18.2. The molecule has 4 aromatic rings. The molecule has 0 saturated carbocycles. The van der Waals surface area contributed by atoms with Crippen LogP contribution in [0.3, 0.4) is 0 Å². The summed E-state index contributed by atoms with van der Waals surface area (Å²) in [6, 6.07) is 34.1. The molecule has 0 bridgehead atoms. The number of hydrogen-bond acceptors (Lipinski definition) is 6.